The summed E-state index contributed by atoms with van der Waals surface area (Å²) in [6.45, 7) is 3.97. The lowest BCUT2D eigenvalue weighted by molar-refractivity contribution is -0.161. The molecule has 0 aliphatic heterocycles. The smallest absolute Gasteiger partial charge is 0.306 e. The van der Waals surface area contributed by atoms with E-state index in [1.165, 1.54) is 77.0 Å². The first kappa shape index (κ1) is 43.6. The van der Waals surface area contributed by atoms with E-state index >= 15 is 0 Å². The Labute approximate surface area is 283 Å². The number of allylic oxidation sites excluding steroid dienone is 10. The van der Waals surface area contributed by atoms with Crippen LogP contribution in [0.5, 0.6) is 0 Å². The molecule has 5 nitrogen and oxygen atoms in total. The summed E-state index contributed by atoms with van der Waals surface area (Å²) in [6.07, 6.45) is 47.1. The van der Waals surface area contributed by atoms with Crippen molar-refractivity contribution in [3.05, 3.63) is 60.8 Å². The highest BCUT2D eigenvalue weighted by Gasteiger charge is 2.16. The SMILES string of the molecule is CC/C=C/C/C=C/C/C=C/C/C=C/C/C=C/CCCC(=O)OC[C@H](CO)OC(=O)CCCCCCCCCCCCCCCCC. The Kier molecular flexibility index (Phi) is 35.1. The topological polar surface area (TPSA) is 72.8 Å². The fourth-order valence-electron chi connectivity index (χ4n) is 5.00. The lowest BCUT2D eigenvalue weighted by Gasteiger charge is -2.15. The maximum atomic E-state index is 12.1. The van der Waals surface area contributed by atoms with Crippen LogP contribution in [-0.2, 0) is 19.1 Å². The summed E-state index contributed by atoms with van der Waals surface area (Å²) in [6, 6.07) is 0. The predicted molar refractivity (Wildman–Crippen MR) is 196 cm³/mol. The maximum absolute atomic E-state index is 12.1. The minimum atomic E-state index is -0.793. The number of rotatable bonds is 33. The quantitative estimate of drug-likeness (QED) is 0.0438. The molecule has 0 rings (SSSR count). The van der Waals surface area contributed by atoms with E-state index in [4.69, 9.17) is 9.47 Å². The number of ether oxygens (including phenoxy) is 2. The maximum Gasteiger partial charge on any atom is 0.306 e. The third-order valence-electron chi connectivity index (χ3n) is 7.83. The fraction of sp³-hybridized carbons (Fsp3) is 0.707. The largest absolute Gasteiger partial charge is 0.462 e. The normalized spacial score (nSPS) is 12.8. The molecule has 1 atom stereocenters. The van der Waals surface area contributed by atoms with Crippen molar-refractivity contribution in [2.24, 2.45) is 0 Å². The van der Waals surface area contributed by atoms with Gasteiger partial charge in [0.15, 0.2) is 6.10 Å². The summed E-state index contributed by atoms with van der Waals surface area (Å²) in [5.74, 6) is -0.660. The Morgan fingerprint density at radius 3 is 1.39 bits per heavy atom. The van der Waals surface area contributed by atoms with Gasteiger partial charge in [0.1, 0.15) is 6.61 Å². The first-order valence-electron chi connectivity index (χ1n) is 18.8. The number of esters is 2. The summed E-state index contributed by atoms with van der Waals surface area (Å²) in [5, 5.41) is 9.53. The van der Waals surface area contributed by atoms with Gasteiger partial charge in [0, 0.05) is 12.8 Å². The van der Waals surface area contributed by atoms with Crippen molar-refractivity contribution >= 4 is 11.9 Å². The lowest BCUT2D eigenvalue weighted by Crippen LogP contribution is -2.28. The van der Waals surface area contributed by atoms with Crippen LogP contribution in [0.2, 0.25) is 0 Å². The Bertz CT molecular complexity index is 823. The van der Waals surface area contributed by atoms with Crippen molar-refractivity contribution in [1.29, 1.82) is 0 Å². The van der Waals surface area contributed by atoms with E-state index in [-0.39, 0.29) is 25.2 Å². The van der Waals surface area contributed by atoms with Crippen molar-refractivity contribution in [3.8, 4) is 0 Å². The molecule has 0 saturated carbocycles. The monoisotopic (exact) mass is 643 g/mol. The van der Waals surface area contributed by atoms with E-state index in [1.807, 2.05) is 0 Å². The average Bonchev–Trinajstić information content (AvgIpc) is 3.06. The molecule has 0 aromatic heterocycles. The molecule has 0 amide bonds. The van der Waals surface area contributed by atoms with Crippen molar-refractivity contribution in [2.45, 2.75) is 174 Å². The third-order valence-corrected chi connectivity index (χ3v) is 7.83. The Morgan fingerprint density at radius 1 is 0.522 bits per heavy atom. The van der Waals surface area contributed by atoms with E-state index in [2.05, 4.69) is 74.6 Å². The van der Waals surface area contributed by atoms with Crippen LogP contribution in [0.4, 0.5) is 0 Å². The summed E-state index contributed by atoms with van der Waals surface area (Å²) in [4.78, 5) is 24.2. The molecule has 0 heterocycles. The van der Waals surface area contributed by atoms with Crippen LogP contribution in [0.1, 0.15) is 168 Å². The van der Waals surface area contributed by atoms with Crippen molar-refractivity contribution in [3.63, 3.8) is 0 Å². The van der Waals surface area contributed by atoms with Crippen LogP contribution < -0.4 is 0 Å². The van der Waals surface area contributed by atoms with Gasteiger partial charge in [0.2, 0.25) is 0 Å². The minimum absolute atomic E-state index is 0.0956. The first-order chi connectivity index (χ1) is 22.6. The first-order valence-corrected chi connectivity index (χ1v) is 18.8. The molecule has 0 aromatic carbocycles. The van der Waals surface area contributed by atoms with Gasteiger partial charge in [0.05, 0.1) is 6.61 Å². The highest BCUT2D eigenvalue weighted by atomic mass is 16.6. The van der Waals surface area contributed by atoms with Crippen LogP contribution in [0.3, 0.4) is 0 Å². The lowest BCUT2D eigenvalue weighted by atomic mass is 10.0. The summed E-state index contributed by atoms with van der Waals surface area (Å²) < 4.78 is 10.5. The van der Waals surface area contributed by atoms with Gasteiger partial charge in [-0.2, -0.15) is 0 Å². The fourth-order valence-corrected chi connectivity index (χ4v) is 5.00. The van der Waals surface area contributed by atoms with Gasteiger partial charge in [-0.25, -0.2) is 0 Å². The van der Waals surface area contributed by atoms with Gasteiger partial charge in [-0.3, -0.25) is 9.59 Å². The molecule has 0 unspecified atom stereocenters. The molecule has 5 heteroatoms. The highest BCUT2D eigenvalue weighted by molar-refractivity contribution is 5.70. The van der Waals surface area contributed by atoms with E-state index in [1.54, 1.807) is 0 Å². The second-order valence-electron chi connectivity index (χ2n) is 12.3. The molecule has 0 aliphatic rings. The van der Waals surface area contributed by atoms with E-state index < -0.39 is 6.10 Å². The van der Waals surface area contributed by atoms with Gasteiger partial charge in [-0.15, -0.1) is 0 Å². The standard InChI is InChI=1S/C41H70O5/c1-3-5-7-9-11-13-15-17-19-20-22-23-25-27-29-31-33-35-40(43)45-38-39(37-42)46-41(44)36-34-32-30-28-26-24-21-18-16-14-12-10-8-6-4-2/h5,7,11,13,17,19,22-23,27,29,39,42H,3-4,6,8-10,12,14-16,18,20-21,24-26,28,30-38H2,1-2H3/b7-5+,13-11+,19-17+,23-22+,29-27+/t39-/m0/s1. The number of carbonyl (C=O) groups is 2. The summed E-state index contributed by atoms with van der Waals surface area (Å²) in [7, 11) is 0. The third kappa shape index (κ3) is 34.5. The average molecular weight is 643 g/mol. The number of unbranched alkanes of at least 4 members (excludes halogenated alkanes) is 15. The molecular formula is C41H70O5. The summed E-state index contributed by atoms with van der Waals surface area (Å²) >= 11 is 0. The highest BCUT2D eigenvalue weighted by Crippen LogP contribution is 2.14. The van der Waals surface area contributed by atoms with Gasteiger partial charge < -0.3 is 14.6 Å². The van der Waals surface area contributed by atoms with Crippen LogP contribution in [0, 0.1) is 0 Å². The number of carbonyl (C=O) groups excluding carboxylic acids is 2. The molecule has 0 aromatic rings. The Balaban J connectivity index is 3.67. The molecule has 264 valence electrons. The van der Waals surface area contributed by atoms with Gasteiger partial charge >= 0.3 is 11.9 Å². The van der Waals surface area contributed by atoms with Gasteiger partial charge in [-0.1, -0.05) is 164 Å². The molecule has 0 aliphatic carbocycles. The summed E-state index contributed by atoms with van der Waals surface area (Å²) in [5.41, 5.74) is 0. The van der Waals surface area contributed by atoms with Crippen LogP contribution in [-0.4, -0.2) is 36.4 Å². The van der Waals surface area contributed by atoms with Crippen LogP contribution in [0.15, 0.2) is 60.8 Å². The van der Waals surface area contributed by atoms with Gasteiger partial charge in [-0.05, 0) is 51.4 Å². The number of hydrogen-bond donors (Lipinski definition) is 1. The Hall–Kier alpha value is -2.40. The van der Waals surface area contributed by atoms with Gasteiger partial charge in [0.25, 0.3) is 0 Å². The predicted octanol–water partition coefficient (Wildman–Crippen LogP) is 11.6. The zero-order valence-corrected chi connectivity index (χ0v) is 29.8. The van der Waals surface area contributed by atoms with Crippen molar-refractivity contribution < 1.29 is 24.2 Å². The molecule has 0 saturated heterocycles. The second-order valence-corrected chi connectivity index (χ2v) is 12.3. The molecule has 1 N–H and O–H groups in total. The Morgan fingerprint density at radius 2 is 0.935 bits per heavy atom. The molecule has 0 bridgehead atoms. The number of hydrogen-bond acceptors (Lipinski definition) is 5. The number of aliphatic hydroxyl groups is 1. The second kappa shape index (κ2) is 37.1. The molecule has 0 radical (unpaired) electrons. The van der Waals surface area contributed by atoms with Crippen molar-refractivity contribution in [1.82, 2.24) is 0 Å². The molecule has 0 fully saturated rings. The van der Waals surface area contributed by atoms with Crippen LogP contribution >= 0.6 is 0 Å². The zero-order valence-electron chi connectivity index (χ0n) is 29.8. The van der Waals surface area contributed by atoms with Crippen LogP contribution in [0.25, 0.3) is 0 Å². The molecule has 46 heavy (non-hydrogen) atoms. The van der Waals surface area contributed by atoms with E-state index in [0.717, 1.165) is 57.8 Å². The zero-order chi connectivity index (χ0) is 33.6. The molecular weight excluding hydrogens is 572 g/mol. The van der Waals surface area contributed by atoms with E-state index in [0.29, 0.717) is 19.3 Å². The van der Waals surface area contributed by atoms with Crippen molar-refractivity contribution in [2.75, 3.05) is 13.2 Å². The van der Waals surface area contributed by atoms with E-state index in [9.17, 15) is 14.7 Å². The number of aliphatic hydroxyl groups excluding tert-OH is 1. The minimum Gasteiger partial charge on any atom is -0.462 e. The molecule has 0 spiro atoms.